The van der Waals surface area contributed by atoms with E-state index < -0.39 is 0 Å². The third-order valence-corrected chi connectivity index (χ3v) is 7.81. The minimum Gasteiger partial charge on any atom is -0.473 e. The van der Waals surface area contributed by atoms with Crippen LogP contribution in [0.15, 0.2) is 95.8 Å². The monoisotopic (exact) mass is 617 g/mol. The molecule has 0 amide bonds. The van der Waals surface area contributed by atoms with Crippen LogP contribution in [-0.4, -0.2) is 36.5 Å². The second kappa shape index (κ2) is 13.2. The van der Waals surface area contributed by atoms with Crippen molar-refractivity contribution in [1.82, 2.24) is 23.9 Å². The van der Waals surface area contributed by atoms with Crippen molar-refractivity contribution >= 4 is 17.0 Å². The van der Waals surface area contributed by atoms with Gasteiger partial charge in [0.2, 0.25) is 11.8 Å². The van der Waals surface area contributed by atoms with Crippen LogP contribution in [0.4, 0.5) is 0 Å². The summed E-state index contributed by atoms with van der Waals surface area (Å²) >= 11 is 0. The molecule has 0 aliphatic heterocycles. The Kier molecular flexibility index (Phi) is 8.69. The predicted molar refractivity (Wildman–Crippen MR) is 175 cm³/mol. The van der Waals surface area contributed by atoms with Crippen LogP contribution in [0.3, 0.4) is 0 Å². The molecular weight excluding hydrogens is 582 g/mol. The Labute approximate surface area is 266 Å². The summed E-state index contributed by atoms with van der Waals surface area (Å²) in [5, 5.41) is 4.59. The topological polar surface area (TPSA) is 102 Å². The molecule has 3 heterocycles. The maximum Gasteiger partial charge on any atom is 0.333 e. The van der Waals surface area contributed by atoms with Crippen LogP contribution in [0.25, 0.3) is 27.8 Å². The fourth-order valence-corrected chi connectivity index (χ4v) is 5.55. The molecule has 0 saturated heterocycles. The molecule has 0 unspecified atom stereocenters. The van der Waals surface area contributed by atoms with Crippen LogP contribution in [0.5, 0.6) is 11.8 Å². The van der Waals surface area contributed by atoms with Gasteiger partial charge in [-0.05, 0) is 55.7 Å². The summed E-state index contributed by atoms with van der Waals surface area (Å²) in [7, 11) is 1.74. The molecule has 3 aromatic carbocycles. The molecule has 0 aliphatic carbocycles. The average Bonchev–Trinajstić information content (AvgIpc) is 3.49. The van der Waals surface area contributed by atoms with Gasteiger partial charge in [0.05, 0.1) is 23.3 Å². The zero-order valence-electron chi connectivity index (χ0n) is 26.3. The van der Waals surface area contributed by atoms with Crippen molar-refractivity contribution in [3.05, 3.63) is 124 Å². The van der Waals surface area contributed by atoms with Gasteiger partial charge in [-0.25, -0.2) is 4.79 Å². The first-order valence-corrected chi connectivity index (χ1v) is 15.1. The number of aromatic nitrogens is 5. The molecule has 10 nitrogen and oxygen atoms in total. The Bertz CT molecular complexity index is 2060. The zero-order chi connectivity index (χ0) is 32.2. The van der Waals surface area contributed by atoms with Crippen molar-refractivity contribution < 1.29 is 19.0 Å². The Morgan fingerprint density at radius 1 is 0.826 bits per heavy atom. The second-order valence-corrected chi connectivity index (χ2v) is 10.9. The molecule has 0 radical (unpaired) electrons. The third-order valence-electron chi connectivity index (χ3n) is 7.81. The molecule has 0 N–H and O–H groups in total. The van der Waals surface area contributed by atoms with Crippen LogP contribution in [-0.2, 0) is 36.3 Å². The Balaban J connectivity index is 1.39. The number of esters is 1. The number of pyridine rings is 1. The van der Waals surface area contributed by atoms with Crippen LogP contribution in [0, 0.1) is 13.8 Å². The van der Waals surface area contributed by atoms with E-state index in [4.69, 9.17) is 19.2 Å². The summed E-state index contributed by atoms with van der Waals surface area (Å²) in [6.45, 7) is 6.55. The number of carbonyl (C=O) groups is 1. The molecule has 0 fully saturated rings. The first-order chi connectivity index (χ1) is 22.3. The van der Waals surface area contributed by atoms with Crippen LogP contribution in [0.2, 0.25) is 0 Å². The summed E-state index contributed by atoms with van der Waals surface area (Å²) in [5.74, 6) is 0.321. The number of imidazole rings is 1. The average molecular weight is 618 g/mol. The van der Waals surface area contributed by atoms with Gasteiger partial charge in [-0.1, -0.05) is 66.7 Å². The number of fused-ring (bicyclic) bond motifs is 1. The molecule has 0 spiro atoms. The summed E-state index contributed by atoms with van der Waals surface area (Å²) < 4.78 is 22.2. The van der Waals surface area contributed by atoms with Gasteiger partial charge in [0.1, 0.15) is 25.4 Å². The van der Waals surface area contributed by atoms with Gasteiger partial charge >= 0.3 is 11.7 Å². The van der Waals surface area contributed by atoms with E-state index in [2.05, 4.69) is 5.10 Å². The second-order valence-electron chi connectivity index (χ2n) is 10.9. The highest BCUT2D eigenvalue weighted by Gasteiger charge is 2.21. The van der Waals surface area contributed by atoms with Crippen molar-refractivity contribution in [1.29, 1.82) is 0 Å². The Morgan fingerprint density at radius 3 is 2.17 bits per heavy atom. The van der Waals surface area contributed by atoms with Gasteiger partial charge < -0.3 is 14.2 Å². The largest absolute Gasteiger partial charge is 0.473 e. The smallest absolute Gasteiger partial charge is 0.333 e. The first-order valence-electron chi connectivity index (χ1n) is 15.1. The summed E-state index contributed by atoms with van der Waals surface area (Å²) in [5.41, 5.74) is 7.04. The number of hydrogen-bond acceptors (Lipinski definition) is 7. The maximum atomic E-state index is 13.8. The van der Waals surface area contributed by atoms with E-state index in [1.54, 1.807) is 39.9 Å². The molecule has 6 aromatic rings. The van der Waals surface area contributed by atoms with E-state index in [0.717, 1.165) is 39.2 Å². The molecule has 0 aliphatic rings. The highest BCUT2D eigenvalue weighted by molar-refractivity contribution is 5.85. The Morgan fingerprint density at radius 2 is 1.50 bits per heavy atom. The van der Waals surface area contributed by atoms with Gasteiger partial charge in [0.15, 0.2) is 0 Å². The fourth-order valence-electron chi connectivity index (χ4n) is 5.55. The standard InChI is InChI=1S/C36H35N5O5/c1-5-44-33(42)21-40-25(3)34(24(2)38-40)28-16-17-29-31(20-28)39(4)36(43)41(29)30-18-19-32(45-22-26-12-8-6-9-13-26)37-35(30)46-23-27-14-10-7-11-15-27/h6-20H,5,21-23H2,1-4H3. The number of carbonyl (C=O) groups excluding carboxylic acids is 1. The van der Waals surface area contributed by atoms with Gasteiger partial charge in [0.25, 0.3) is 0 Å². The van der Waals surface area contributed by atoms with E-state index in [9.17, 15) is 9.59 Å². The summed E-state index contributed by atoms with van der Waals surface area (Å²) in [6, 6.07) is 29.0. The number of hydrogen-bond donors (Lipinski definition) is 0. The number of rotatable bonds is 11. The van der Waals surface area contributed by atoms with Crippen molar-refractivity contribution in [3.63, 3.8) is 0 Å². The number of benzene rings is 3. The van der Waals surface area contributed by atoms with Crippen LogP contribution in [0.1, 0.15) is 29.4 Å². The predicted octanol–water partition coefficient (Wildman–Crippen LogP) is 5.93. The van der Waals surface area contributed by atoms with Crippen molar-refractivity contribution in [3.8, 4) is 28.6 Å². The lowest BCUT2D eigenvalue weighted by molar-refractivity contribution is -0.144. The minimum absolute atomic E-state index is 0.0292. The molecule has 0 saturated carbocycles. The van der Waals surface area contributed by atoms with Gasteiger partial charge in [-0.3, -0.25) is 18.6 Å². The third kappa shape index (κ3) is 6.14. The summed E-state index contributed by atoms with van der Waals surface area (Å²) in [6.07, 6.45) is 0. The first kappa shape index (κ1) is 30.4. The Hall–Kier alpha value is -5.64. The van der Waals surface area contributed by atoms with Crippen LogP contribution < -0.4 is 15.2 Å². The molecule has 0 atom stereocenters. The van der Waals surface area contributed by atoms with E-state index >= 15 is 0 Å². The number of ether oxygens (including phenoxy) is 3. The highest BCUT2D eigenvalue weighted by atomic mass is 16.5. The molecular formula is C36H35N5O5. The number of aryl methyl sites for hydroxylation is 2. The van der Waals surface area contributed by atoms with E-state index in [1.807, 2.05) is 92.7 Å². The number of nitrogens with zero attached hydrogens (tertiary/aromatic N) is 5. The van der Waals surface area contributed by atoms with Crippen molar-refractivity contribution in [2.75, 3.05) is 6.61 Å². The zero-order valence-corrected chi connectivity index (χ0v) is 26.3. The van der Waals surface area contributed by atoms with Gasteiger partial charge in [0, 0.05) is 24.4 Å². The molecule has 10 heteroatoms. The quantitative estimate of drug-likeness (QED) is 0.166. The minimum atomic E-state index is -0.343. The van der Waals surface area contributed by atoms with Crippen molar-refractivity contribution in [2.45, 2.75) is 40.5 Å². The van der Waals surface area contributed by atoms with Crippen molar-refractivity contribution in [2.24, 2.45) is 7.05 Å². The lowest BCUT2D eigenvalue weighted by Gasteiger charge is -2.14. The lowest BCUT2D eigenvalue weighted by Crippen LogP contribution is -2.21. The van der Waals surface area contributed by atoms with Crippen LogP contribution >= 0.6 is 0 Å². The highest BCUT2D eigenvalue weighted by Crippen LogP contribution is 2.32. The van der Waals surface area contributed by atoms with E-state index in [0.29, 0.717) is 30.3 Å². The molecule has 6 rings (SSSR count). The molecule has 0 bridgehead atoms. The van der Waals surface area contributed by atoms with Gasteiger partial charge in [-0.15, -0.1) is 0 Å². The van der Waals surface area contributed by atoms with Gasteiger partial charge in [-0.2, -0.15) is 10.1 Å². The fraction of sp³-hybridized carbons (Fsp3) is 0.222. The molecule has 3 aromatic heterocycles. The van der Waals surface area contributed by atoms with E-state index in [1.165, 1.54) is 0 Å². The SMILES string of the molecule is CCOC(=O)Cn1nc(C)c(-c2ccc3c(c2)n(C)c(=O)n3-c2ccc(OCc3ccccc3)nc2OCc2ccccc2)c1C. The maximum absolute atomic E-state index is 13.8. The molecule has 46 heavy (non-hydrogen) atoms. The van der Waals surface area contributed by atoms with E-state index in [-0.39, 0.29) is 30.7 Å². The summed E-state index contributed by atoms with van der Waals surface area (Å²) in [4.78, 5) is 30.7. The normalized spacial score (nSPS) is 11.1. The molecule has 234 valence electrons. The lowest BCUT2D eigenvalue weighted by atomic mass is 10.0.